The largest absolute Gasteiger partial charge is 0.359 e. The zero-order chi connectivity index (χ0) is 14.1. The third-order valence-electron chi connectivity index (χ3n) is 3.42. The van der Waals surface area contributed by atoms with Crippen LogP contribution in [-0.2, 0) is 9.53 Å². The van der Waals surface area contributed by atoms with E-state index >= 15 is 0 Å². The first-order chi connectivity index (χ1) is 9.65. The lowest BCUT2D eigenvalue weighted by atomic mass is 9.96. The molecule has 1 atom stereocenters. The van der Waals surface area contributed by atoms with Crippen molar-refractivity contribution in [1.29, 1.82) is 0 Å². The second kappa shape index (κ2) is 5.27. The van der Waals surface area contributed by atoms with Crippen molar-refractivity contribution in [2.24, 2.45) is 0 Å². The lowest BCUT2D eigenvalue weighted by Crippen LogP contribution is -2.15. The maximum absolute atomic E-state index is 11.7. The Hall–Kier alpha value is -1.84. The molecule has 0 bridgehead atoms. The Morgan fingerprint density at radius 3 is 2.80 bits per heavy atom. The Morgan fingerprint density at radius 2 is 2.00 bits per heavy atom. The Labute approximate surface area is 122 Å². The topological polar surface area (TPSA) is 38.3 Å². The van der Waals surface area contributed by atoms with Gasteiger partial charge in [0.2, 0.25) is 5.91 Å². The summed E-state index contributed by atoms with van der Waals surface area (Å²) in [5.41, 5.74) is 3.84. The van der Waals surface area contributed by atoms with E-state index in [1.54, 1.807) is 6.07 Å². The summed E-state index contributed by atoms with van der Waals surface area (Å²) >= 11 is 6.01. The molecule has 20 heavy (non-hydrogen) atoms. The van der Waals surface area contributed by atoms with Crippen molar-refractivity contribution < 1.29 is 9.53 Å². The van der Waals surface area contributed by atoms with E-state index in [4.69, 9.17) is 16.3 Å². The molecule has 1 heterocycles. The predicted octanol–water partition coefficient (Wildman–Crippen LogP) is 3.71. The van der Waals surface area contributed by atoms with Gasteiger partial charge >= 0.3 is 0 Å². The minimum atomic E-state index is -0.262. The highest BCUT2D eigenvalue weighted by molar-refractivity contribution is 6.31. The molecule has 0 fully saturated rings. The van der Waals surface area contributed by atoms with Crippen LogP contribution in [0.3, 0.4) is 0 Å². The summed E-state index contributed by atoms with van der Waals surface area (Å²) < 4.78 is 5.79. The van der Waals surface area contributed by atoms with Crippen LogP contribution in [0.4, 0.5) is 5.69 Å². The molecule has 1 aliphatic heterocycles. The Balaban J connectivity index is 2.13. The number of hydrogen-bond donors (Lipinski definition) is 1. The fourth-order valence-corrected chi connectivity index (χ4v) is 2.61. The summed E-state index contributed by atoms with van der Waals surface area (Å²) in [5.74, 6) is -0.162. The number of rotatable bonds is 1. The lowest BCUT2D eigenvalue weighted by Gasteiger charge is -2.19. The van der Waals surface area contributed by atoms with Gasteiger partial charge < -0.3 is 10.1 Å². The molecule has 0 saturated carbocycles. The van der Waals surface area contributed by atoms with Crippen LogP contribution < -0.4 is 5.32 Å². The molecular formula is C16H14ClNO2. The molecule has 2 aromatic carbocycles. The van der Waals surface area contributed by atoms with Crippen LogP contribution in [0.25, 0.3) is 0 Å². The SMILES string of the molecule is Cc1ccccc1C1OCC(=O)Nc2cc(Cl)ccc21. The van der Waals surface area contributed by atoms with Crippen molar-refractivity contribution in [2.75, 3.05) is 11.9 Å². The molecule has 0 aliphatic carbocycles. The van der Waals surface area contributed by atoms with E-state index in [1.807, 2.05) is 43.3 Å². The Bertz CT molecular complexity index is 669. The molecule has 3 nitrogen and oxygen atoms in total. The van der Waals surface area contributed by atoms with Crippen molar-refractivity contribution >= 4 is 23.2 Å². The summed E-state index contributed by atoms with van der Waals surface area (Å²) in [4.78, 5) is 11.7. The number of benzene rings is 2. The second-order valence-electron chi connectivity index (χ2n) is 4.83. The molecule has 102 valence electrons. The van der Waals surface area contributed by atoms with Gasteiger partial charge in [-0.05, 0) is 30.2 Å². The van der Waals surface area contributed by atoms with E-state index in [0.29, 0.717) is 10.7 Å². The number of hydrogen-bond acceptors (Lipinski definition) is 2. The molecule has 0 spiro atoms. The number of amides is 1. The van der Waals surface area contributed by atoms with Crippen LogP contribution in [0.2, 0.25) is 5.02 Å². The van der Waals surface area contributed by atoms with Gasteiger partial charge in [-0.2, -0.15) is 0 Å². The fraction of sp³-hybridized carbons (Fsp3) is 0.188. The van der Waals surface area contributed by atoms with E-state index < -0.39 is 0 Å². The van der Waals surface area contributed by atoms with Gasteiger partial charge in [0.05, 0.1) is 0 Å². The highest BCUT2D eigenvalue weighted by Crippen LogP contribution is 2.36. The Morgan fingerprint density at radius 1 is 1.20 bits per heavy atom. The molecule has 1 aliphatic rings. The minimum absolute atomic E-state index is 0.0330. The van der Waals surface area contributed by atoms with Crippen LogP contribution in [0, 0.1) is 6.92 Å². The van der Waals surface area contributed by atoms with Gasteiger partial charge in [0.15, 0.2) is 0 Å². The van der Waals surface area contributed by atoms with E-state index in [0.717, 1.165) is 16.7 Å². The first-order valence-corrected chi connectivity index (χ1v) is 6.79. The molecule has 0 radical (unpaired) electrons. The minimum Gasteiger partial charge on any atom is -0.359 e. The van der Waals surface area contributed by atoms with Crippen LogP contribution in [0.15, 0.2) is 42.5 Å². The first kappa shape index (κ1) is 13.2. The van der Waals surface area contributed by atoms with Gasteiger partial charge in [0.1, 0.15) is 12.7 Å². The molecule has 1 unspecified atom stereocenters. The summed E-state index contributed by atoms with van der Waals surface area (Å²) in [6.45, 7) is 2.07. The smallest absolute Gasteiger partial charge is 0.250 e. The van der Waals surface area contributed by atoms with Crippen LogP contribution in [0.5, 0.6) is 0 Å². The zero-order valence-corrected chi connectivity index (χ0v) is 11.8. The van der Waals surface area contributed by atoms with E-state index in [2.05, 4.69) is 5.32 Å². The second-order valence-corrected chi connectivity index (χ2v) is 5.26. The monoisotopic (exact) mass is 287 g/mol. The summed E-state index contributed by atoms with van der Waals surface area (Å²) in [6, 6.07) is 13.5. The number of ether oxygens (including phenoxy) is 1. The standard InChI is InChI=1S/C16H14ClNO2/c1-10-4-2-3-5-12(10)16-13-7-6-11(17)8-14(13)18-15(19)9-20-16/h2-8,16H,9H2,1H3,(H,18,19). The molecular weight excluding hydrogens is 274 g/mol. The molecule has 1 N–H and O–H groups in total. The molecule has 2 aromatic rings. The Kier molecular flexibility index (Phi) is 3.47. The zero-order valence-electron chi connectivity index (χ0n) is 11.0. The van der Waals surface area contributed by atoms with Crippen LogP contribution >= 0.6 is 11.6 Å². The third-order valence-corrected chi connectivity index (χ3v) is 3.66. The van der Waals surface area contributed by atoms with Crippen LogP contribution in [0.1, 0.15) is 22.8 Å². The number of nitrogens with one attached hydrogen (secondary N) is 1. The maximum atomic E-state index is 11.7. The van der Waals surface area contributed by atoms with Crippen molar-refractivity contribution in [3.8, 4) is 0 Å². The first-order valence-electron chi connectivity index (χ1n) is 6.41. The molecule has 4 heteroatoms. The van der Waals surface area contributed by atoms with E-state index in [9.17, 15) is 4.79 Å². The molecule has 3 rings (SSSR count). The highest BCUT2D eigenvalue weighted by atomic mass is 35.5. The van der Waals surface area contributed by atoms with Crippen molar-refractivity contribution in [3.05, 3.63) is 64.2 Å². The van der Waals surface area contributed by atoms with Gasteiger partial charge in [0, 0.05) is 16.3 Å². The van der Waals surface area contributed by atoms with E-state index in [-0.39, 0.29) is 18.6 Å². The van der Waals surface area contributed by atoms with Crippen molar-refractivity contribution in [3.63, 3.8) is 0 Å². The highest BCUT2D eigenvalue weighted by Gasteiger charge is 2.25. The average molecular weight is 288 g/mol. The molecule has 0 saturated heterocycles. The van der Waals surface area contributed by atoms with Crippen molar-refractivity contribution in [2.45, 2.75) is 13.0 Å². The van der Waals surface area contributed by atoms with Gasteiger partial charge in [-0.15, -0.1) is 0 Å². The summed E-state index contributed by atoms with van der Waals surface area (Å²) in [5, 5.41) is 3.43. The lowest BCUT2D eigenvalue weighted by molar-refractivity contribution is -0.121. The number of halogens is 1. The van der Waals surface area contributed by atoms with Gasteiger partial charge in [-0.25, -0.2) is 0 Å². The number of fused-ring (bicyclic) bond motifs is 1. The molecule has 0 aromatic heterocycles. The molecule has 1 amide bonds. The number of aryl methyl sites for hydroxylation is 1. The summed E-state index contributed by atoms with van der Waals surface area (Å²) in [6.07, 6.45) is -0.262. The maximum Gasteiger partial charge on any atom is 0.250 e. The van der Waals surface area contributed by atoms with Gasteiger partial charge in [-0.3, -0.25) is 4.79 Å². The summed E-state index contributed by atoms with van der Waals surface area (Å²) in [7, 11) is 0. The quantitative estimate of drug-likeness (QED) is 0.868. The fourth-order valence-electron chi connectivity index (χ4n) is 2.44. The number of carbonyl (C=O) groups excluding carboxylic acids is 1. The van der Waals surface area contributed by atoms with Crippen molar-refractivity contribution in [1.82, 2.24) is 0 Å². The van der Waals surface area contributed by atoms with Gasteiger partial charge in [0.25, 0.3) is 0 Å². The number of carbonyl (C=O) groups is 1. The van der Waals surface area contributed by atoms with Gasteiger partial charge in [-0.1, -0.05) is 41.9 Å². The predicted molar refractivity (Wildman–Crippen MR) is 79.1 cm³/mol. The average Bonchev–Trinajstić information content (AvgIpc) is 2.57. The van der Waals surface area contributed by atoms with Crippen LogP contribution in [-0.4, -0.2) is 12.5 Å². The normalized spacial score (nSPS) is 18.1. The van der Waals surface area contributed by atoms with E-state index in [1.165, 1.54) is 0 Å². The third kappa shape index (κ3) is 2.42. The number of anilines is 1.